The number of rotatable bonds is 9. The second-order valence-corrected chi connectivity index (χ2v) is 14.3. The molecule has 4 rings (SSSR count). The lowest BCUT2D eigenvalue weighted by atomic mass is 10.0. The van der Waals surface area contributed by atoms with Crippen molar-refractivity contribution in [3.63, 3.8) is 0 Å². The predicted molar refractivity (Wildman–Crippen MR) is 189 cm³/mol. The van der Waals surface area contributed by atoms with Crippen LogP contribution in [0.1, 0.15) is 50.4 Å². The number of hydrogen-bond donors (Lipinski definition) is 3. The van der Waals surface area contributed by atoms with Gasteiger partial charge in [-0.25, -0.2) is 17.6 Å². The first kappa shape index (κ1) is 38.4. The Morgan fingerprint density at radius 3 is 2.42 bits per heavy atom. The highest BCUT2D eigenvalue weighted by molar-refractivity contribution is 7.92. The molecule has 50 heavy (non-hydrogen) atoms. The lowest BCUT2D eigenvalue weighted by molar-refractivity contribution is -0.0115. The van der Waals surface area contributed by atoms with Gasteiger partial charge in [-0.3, -0.25) is 9.52 Å². The zero-order valence-corrected chi connectivity index (χ0v) is 29.9. The molecule has 0 fully saturated rings. The molecule has 4 atom stereocenters. The van der Waals surface area contributed by atoms with Crippen molar-refractivity contribution >= 4 is 33.3 Å². The zero-order valence-electron chi connectivity index (χ0n) is 29.1. The minimum absolute atomic E-state index is 0.106. The Morgan fingerprint density at radius 2 is 1.76 bits per heavy atom. The first-order valence-electron chi connectivity index (χ1n) is 16.6. The van der Waals surface area contributed by atoms with Gasteiger partial charge in [0.2, 0.25) is 0 Å². The number of ether oxygens (including phenoxy) is 3. The first-order chi connectivity index (χ1) is 23.8. The van der Waals surface area contributed by atoms with Crippen LogP contribution in [-0.4, -0.2) is 94.0 Å². The lowest BCUT2D eigenvalue weighted by Crippen LogP contribution is -2.48. The third kappa shape index (κ3) is 10.3. The lowest BCUT2D eigenvalue weighted by Gasteiger charge is -2.35. The van der Waals surface area contributed by atoms with Crippen molar-refractivity contribution in [2.45, 2.75) is 63.2 Å². The standard InChI is InChI=1S/C36H47FN4O8S/c1-24-21-41(25(2)23-42)35(43)32-20-29(39-50(45,46)31-16-9-27(37)10-17-31)13-18-33(32)49-26(3)8-6-7-19-48-34(24)22-40(4)36(44)38-28-11-14-30(47-5)15-12-28/h9-18,20,24-26,34,39,42H,6-8,19,21-23H2,1-5H3,(H,38,44)/t24-,25+,26-,34-/m0/s1. The van der Waals surface area contributed by atoms with Crippen LogP contribution in [0.4, 0.5) is 20.6 Å². The minimum atomic E-state index is -4.11. The summed E-state index contributed by atoms with van der Waals surface area (Å²) < 4.78 is 59.9. The summed E-state index contributed by atoms with van der Waals surface area (Å²) >= 11 is 0. The number of benzene rings is 3. The van der Waals surface area contributed by atoms with E-state index in [0.29, 0.717) is 24.5 Å². The second-order valence-electron chi connectivity index (χ2n) is 12.6. The SMILES string of the molecule is COc1ccc(NC(=O)N(C)C[C@@H]2OCCCC[C@H](C)Oc3ccc(NS(=O)(=O)c4ccc(F)cc4)cc3C(=O)N([C@H](C)CO)C[C@@H]2C)cc1. The van der Waals surface area contributed by atoms with Crippen LogP contribution in [0.2, 0.25) is 0 Å². The van der Waals surface area contributed by atoms with Crippen molar-refractivity contribution < 1.29 is 41.7 Å². The highest BCUT2D eigenvalue weighted by atomic mass is 32.2. The number of likely N-dealkylation sites (N-methyl/N-ethyl adjacent to an activating group) is 1. The van der Waals surface area contributed by atoms with Crippen LogP contribution in [0.5, 0.6) is 11.5 Å². The van der Waals surface area contributed by atoms with E-state index in [2.05, 4.69) is 10.0 Å². The summed E-state index contributed by atoms with van der Waals surface area (Å²) in [5.74, 6) is -0.411. The number of amides is 3. The Balaban J connectivity index is 1.61. The van der Waals surface area contributed by atoms with Crippen molar-refractivity contribution in [2.24, 2.45) is 5.92 Å². The van der Waals surface area contributed by atoms with E-state index in [9.17, 15) is 27.5 Å². The average molecular weight is 715 g/mol. The van der Waals surface area contributed by atoms with Crippen LogP contribution in [0.25, 0.3) is 0 Å². The molecule has 1 heterocycles. The summed E-state index contributed by atoms with van der Waals surface area (Å²) in [4.78, 5) is 30.4. The average Bonchev–Trinajstić information content (AvgIpc) is 3.09. The van der Waals surface area contributed by atoms with Crippen molar-refractivity contribution in [2.75, 3.05) is 50.5 Å². The van der Waals surface area contributed by atoms with Crippen LogP contribution in [-0.2, 0) is 14.8 Å². The Labute approximate surface area is 293 Å². The highest BCUT2D eigenvalue weighted by Gasteiger charge is 2.31. The van der Waals surface area contributed by atoms with Crippen LogP contribution in [0, 0.1) is 11.7 Å². The van der Waals surface area contributed by atoms with Crippen molar-refractivity contribution in [1.29, 1.82) is 0 Å². The summed E-state index contributed by atoms with van der Waals surface area (Å²) in [5.41, 5.74) is 0.814. The molecule has 3 aromatic carbocycles. The molecule has 3 amide bonds. The summed E-state index contributed by atoms with van der Waals surface area (Å²) in [7, 11) is -0.872. The van der Waals surface area contributed by atoms with E-state index in [1.165, 1.54) is 21.9 Å². The molecule has 0 unspecified atom stereocenters. The molecule has 12 nitrogen and oxygen atoms in total. The number of sulfonamides is 1. The quantitative estimate of drug-likeness (QED) is 0.260. The number of aliphatic hydroxyl groups excluding tert-OH is 1. The zero-order chi connectivity index (χ0) is 36.4. The third-order valence-corrected chi connectivity index (χ3v) is 9.97. The number of carbonyl (C=O) groups is 2. The van der Waals surface area contributed by atoms with Crippen molar-refractivity contribution in [1.82, 2.24) is 9.80 Å². The molecule has 1 aliphatic rings. The normalized spacial score (nSPS) is 19.7. The van der Waals surface area contributed by atoms with Gasteiger partial charge < -0.3 is 34.4 Å². The van der Waals surface area contributed by atoms with Crippen molar-refractivity contribution in [3.05, 3.63) is 78.1 Å². The van der Waals surface area contributed by atoms with Gasteiger partial charge in [-0.2, -0.15) is 0 Å². The number of methoxy groups -OCH3 is 1. The second kappa shape index (κ2) is 17.5. The Hall–Kier alpha value is -4.40. The Bertz CT molecular complexity index is 1690. The fraction of sp³-hybridized carbons (Fsp3) is 0.444. The van der Waals surface area contributed by atoms with E-state index in [-0.39, 0.29) is 59.6 Å². The number of anilines is 2. The van der Waals surface area contributed by atoms with Gasteiger partial charge in [0.05, 0.1) is 42.4 Å². The number of carbonyl (C=O) groups excluding carboxylic acids is 2. The van der Waals surface area contributed by atoms with Gasteiger partial charge in [-0.15, -0.1) is 0 Å². The molecular weight excluding hydrogens is 667 g/mol. The van der Waals surface area contributed by atoms with Crippen molar-refractivity contribution in [3.8, 4) is 11.5 Å². The number of hydrogen-bond acceptors (Lipinski definition) is 8. The minimum Gasteiger partial charge on any atom is -0.497 e. The van der Waals surface area contributed by atoms with Gasteiger partial charge >= 0.3 is 6.03 Å². The third-order valence-electron chi connectivity index (χ3n) is 8.57. The first-order valence-corrected chi connectivity index (χ1v) is 18.1. The molecule has 0 saturated heterocycles. The summed E-state index contributed by atoms with van der Waals surface area (Å²) in [6.45, 7) is 6.00. The molecule has 14 heteroatoms. The monoisotopic (exact) mass is 714 g/mol. The fourth-order valence-electron chi connectivity index (χ4n) is 5.52. The number of aliphatic hydroxyl groups is 1. The molecule has 0 aromatic heterocycles. The smallest absolute Gasteiger partial charge is 0.321 e. The van der Waals surface area contributed by atoms with E-state index in [1.807, 2.05) is 13.8 Å². The Kier molecular flexibility index (Phi) is 13.4. The maximum Gasteiger partial charge on any atom is 0.321 e. The van der Waals surface area contributed by atoms with Crippen LogP contribution in [0.15, 0.2) is 71.6 Å². The van der Waals surface area contributed by atoms with Gasteiger partial charge in [0.1, 0.15) is 17.3 Å². The molecule has 3 N–H and O–H groups in total. The molecule has 272 valence electrons. The number of nitrogens with zero attached hydrogens (tertiary/aromatic N) is 2. The van der Waals surface area contributed by atoms with E-state index < -0.39 is 33.9 Å². The van der Waals surface area contributed by atoms with Crippen LogP contribution < -0.4 is 19.5 Å². The van der Waals surface area contributed by atoms with Gasteiger partial charge in [0.15, 0.2) is 0 Å². The van der Waals surface area contributed by atoms with Gasteiger partial charge in [-0.05, 0) is 99.8 Å². The topological polar surface area (TPSA) is 147 Å². The van der Waals surface area contributed by atoms with E-state index in [0.717, 1.165) is 37.1 Å². The predicted octanol–water partition coefficient (Wildman–Crippen LogP) is 5.59. The molecule has 0 radical (unpaired) electrons. The Morgan fingerprint density at radius 1 is 1.08 bits per heavy atom. The molecule has 3 aromatic rings. The summed E-state index contributed by atoms with van der Waals surface area (Å²) in [6, 6.07) is 14.9. The molecule has 0 aliphatic carbocycles. The van der Waals surface area contributed by atoms with E-state index >= 15 is 0 Å². The van der Waals surface area contributed by atoms with Crippen LogP contribution in [0.3, 0.4) is 0 Å². The largest absolute Gasteiger partial charge is 0.497 e. The maximum absolute atomic E-state index is 14.4. The number of halogens is 1. The molecule has 1 aliphatic heterocycles. The number of nitrogens with one attached hydrogen (secondary N) is 2. The molecule has 0 spiro atoms. The van der Waals surface area contributed by atoms with E-state index in [1.54, 1.807) is 51.4 Å². The van der Waals surface area contributed by atoms with Crippen LogP contribution >= 0.6 is 0 Å². The highest BCUT2D eigenvalue weighted by Crippen LogP contribution is 2.30. The van der Waals surface area contributed by atoms with E-state index in [4.69, 9.17) is 14.2 Å². The number of fused-ring (bicyclic) bond motifs is 1. The number of urea groups is 1. The summed E-state index contributed by atoms with van der Waals surface area (Å²) in [5, 5.41) is 13.1. The molecular formula is C36H47FN4O8S. The van der Waals surface area contributed by atoms with Gasteiger partial charge in [-0.1, -0.05) is 6.92 Å². The molecule has 0 saturated carbocycles. The fourth-order valence-corrected chi connectivity index (χ4v) is 6.57. The van der Waals surface area contributed by atoms with Gasteiger partial charge in [0, 0.05) is 44.0 Å². The summed E-state index contributed by atoms with van der Waals surface area (Å²) in [6.07, 6.45) is 1.44. The molecule has 0 bridgehead atoms. The van der Waals surface area contributed by atoms with Gasteiger partial charge in [0.25, 0.3) is 15.9 Å². The maximum atomic E-state index is 14.4.